The quantitative estimate of drug-likeness (QED) is 0.897. The SMILES string of the molecule is NCc1ccc(C(=O)Nc2ccc(N3CCOCC3)cn2)cc1. The van der Waals surface area contributed by atoms with Crippen molar-refractivity contribution in [2.75, 3.05) is 36.5 Å². The van der Waals surface area contributed by atoms with Crippen LogP contribution in [0.2, 0.25) is 0 Å². The fourth-order valence-corrected chi connectivity index (χ4v) is 2.45. The van der Waals surface area contributed by atoms with Gasteiger partial charge in [-0.1, -0.05) is 12.1 Å². The van der Waals surface area contributed by atoms with Crippen molar-refractivity contribution >= 4 is 17.4 Å². The topological polar surface area (TPSA) is 80.5 Å². The molecule has 6 heteroatoms. The van der Waals surface area contributed by atoms with E-state index >= 15 is 0 Å². The number of nitrogens with two attached hydrogens (primary N) is 1. The number of pyridine rings is 1. The summed E-state index contributed by atoms with van der Waals surface area (Å²) in [5.41, 5.74) is 8.17. The Balaban J connectivity index is 1.63. The van der Waals surface area contributed by atoms with Crippen molar-refractivity contribution in [3.8, 4) is 0 Å². The van der Waals surface area contributed by atoms with Crippen molar-refractivity contribution in [2.45, 2.75) is 6.54 Å². The minimum absolute atomic E-state index is 0.180. The number of amides is 1. The molecule has 0 aliphatic carbocycles. The Labute approximate surface area is 135 Å². The minimum atomic E-state index is -0.180. The van der Waals surface area contributed by atoms with Crippen LogP contribution in [-0.2, 0) is 11.3 Å². The van der Waals surface area contributed by atoms with Crippen LogP contribution >= 0.6 is 0 Å². The van der Waals surface area contributed by atoms with Crippen LogP contribution < -0.4 is 16.0 Å². The second-order valence-corrected chi connectivity index (χ2v) is 5.36. The van der Waals surface area contributed by atoms with Crippen LogP contribution in [0, 0.1) is 0 Å². The van der Waals surface area contributed by atoms with E-state index in [1.54, 1.807) is 18.3 Å². The summed E-state index contributed by atoms with van der Waals surface area (Å²) >= 11 is 0. The first-order chi connectivity index (χ1) is 11.3. The minimum Gasteiger partial charge on any atom is -0.378 e. The lowest BCUT2D eigenvalue weighted by molar-refractivity contribution is 0.102. The number of carbonyl (C=O) groups is 1. The maximum atomic E-state index is 12.2. The molecule has 1 aromatic heterocycles. The molecular formula is C17H20N4O2. The predicted molar refractivity (Wildman–Crippen MR) is 89.6 cm³/mol. The smallest absolute Gasteiger partial charge is 0.256 e. The summed E-state index contributed by atoms with van der Waals surface area (Å²) in [4.78, 5) is 18.7. The Bertz CT molecular complexity index is 649. The zero-order chi connectivity index (χ0) is 16.1. The number of carbonyl (C=O) groups excluding carboxylic acids is 1. The lowest BCUT2D eigenvalue weighted by Crippen LogP contribution is -2.36. The van der Waals surface area contributed by atoms with E-state index in [0.29, 0.717) is 17.9 Å². The highest BCUT2D eigenvalue weighted by atomic mass is 16.5. The molecule has 2 aromatic rings. The van der Waals surface area contributed by atoms with Crippen LogP contribution in [-0.4, -0.2) is 37.2 Å². The van der Waals surface area contributed by atoms with Crippen LogP contribution in [0.1, 0.15) is 15.9 Å². The van der Waals surface area contributed by atoms with Gasteiger partial charge < -0.3 is 20.7 Å². The lowest BCUT2D eigenvalue weighted by atomic mass is 10.1. The first-order valence-corrected chi connectivity index (χ1v) is 7.65. The van der Waals surface area contributed by atoms with Crippen molar-refractivity contribution in [3.05, 3.63) is 53.7 Å². The average Bonchev–Trinajstić information content (AvgIpc) is 2.63. The first kappa shape index (κ1) is 15.5. The van der Waals surface area contributed by atoms with Gasteiger partial charge >= 0.3 is 0 Å². The molecule has 0 spiro atoms. The van der Waals surface area contributed by atoms with Crippen molar-refractivity contribution in [3.63, 3.8) is 0 Å². The van der Waals surface area contributed by atoms with Gasteiger partial charge in [0.15, 0.2) is 0 Å². The molecule has 1 saturated heterocycles. The number of anilines is 2. The van der Waals surface area contributed by atoms with E-state index in [1.807, 2.05) is 24.3 Å². The van der Waals surface area contributed by atoms with Crippen LogP contribution in [0.4, 0.5) is 11.5 Å². The van der Waals surface area contributed by atoms with Gasteiger partial charge in [-0.2, -0.15) is 0 Å². The maximum Gasteiger partial charge on any atom is 0.256 e. The number of rotatable bonds is 4. The van der Waals surface area contributed by atoms with Gasteiger partial charge in [-0.15, -0.1) is 0 Å². The van der Waals surface area contributed by atoms with Gasteiger partial charge in [0.05, 0.1) is 25.1 Å². The van der Waals surface area contributed by atoms with Crippen LogP contribution in [0.15, 0.2) is 42.6 Å². The normalized spacial score (nSPS) is 14.6. The summed E-state index contributed by atoms with van der Waals surface area (Å²) in [5.74, 6) is 0.357. The molecule has 3 N–H and O–H groups in total. The van der Waals surface area contributed by atoms with Gasteiger partial charge in [-0.25, -0.2) is 4.98 Å². The summed E-state index contributed by atoms with van der Waals surface area (Å²) in [5, 5.41) is 2.80. The molecule has 6 nitrogen and oxygen atoms in total. The number of aromatic nitrogens is 1. The van der Waals surface area contributed by atoms with E-state index in [0.717, 1.165) is 37.6 Å². The molecule has 0 bridgehead atoms. The van der Waals surface area contributed by atoms with Gasteiger partial charge in [-0.05, 0) is 29.8 Å². The molecule has 1 fully saturated rings. The molecule has 0 radical (unpaired) electrons. The number of nitrogens with zero attached hydrogens (tertiary/aromatic N) is 2. The summed E-state index contributed by atoms with van der Waals surface area (Å²) in [6.07, 6.45) is 1.78. The fraction of sp³-hybridized carbons (Fsp3) is 0.294. The van der Waals surface area contributed by atoms with Gasteiger partial charge in [0, 0.05) is 25.2 Å². The van der Waals surface area contributed by atoms with E-state index in [-0.39, 0.29) is 5.91 Å². The predicted octanol–water partition coefficient (Wildman–Crippen LogP) is 1.63. The Morgan fingerprint density at radius 2 is 1.91 bits per heavy atom. The van der Waals surface area contributed by atoms with Gasteiger partial charge in [0.25, 0.3) is 5.91 Å². The Kier molecular flexibility index (Phi) is 4.85. The lowest BCUT2D eigenvalue weighted by Gasteiger charge is -2.28. The fourth-order valence-electron chi connectivity index (χ4n) is 2.45. The highest BCUT2D eigenvalue weighted by molar-refractivity contribution is 6.03. The van der Waals surface area contributed by atoms with Crippen LogP contribution in [0.25, 0.3) is 0 Å². The molecule has 1 aliphatic heterocycles. The Hall–Kier alpha value is -2.44. The number of hydrogen-bond acceptors (Lipinski definition) is 5. The Morgan fingerprint density at radius 3 is 2.52 bits per heavy atom. The second kappa shape index (κ2) is 7.21. The molecule has 1 aromatic carbocycles. The third-order valence-electron chi connectivity index (χ3n) is 3.82. The van der Waals surface area contributed by atoms with Gasteiger partial charge in [0.2, 0.25) is 0 Å². The molecule has 0 unspecified atom stereocenters. The number of hydrogen-bond donors (Lipinski definition) is 2. The van der Waals surface area contributed by atoms with E-state index < -0.39 is 0 Å². The highest BCUT2D eigenvalue weighted by Gasteiger charge is 2.12. The van der Waals surface area contributed by atoms with Crippen LogP contribution in [0.5, 0.6) is 0 Å². The number of benzene rings is 1. The third-order valence-corrected chi connectivity index (χ3v) is 3.82. The standard InChI is InChI=1S/C17H20N4O2/c18-11-13-1-3-14(4-2-13)17(22)20-16-6-5-15(12-19-16)21-7-9-23-10-8-21/h1-6,12H,7-11,18H2,(H,19,20,22). The summed E-state index contributed by atoms with van der Waals surface area (Å²) in [7, 11) is 0. The molecular weight excluding hydrogens is 292 g/mol. The monoisotopic (exact) mass is 312 g/mol. The van der Waals surface area contributed by atoms with E-state index in [2.05, 4.69) is 15.2 Å². The Morgan fingerprint density at radius 1 is 1.17 bits per heavy atom. The summed E-state index contributed by atoms with van der Waals surface area (Å²) < 4.78 is 5.34. The number of nitrogens with one attached hydrogen (secondary N) is 1. The number of ether oxygens (including phenoxy) is 1. The van der Waals surface area contributed by atoms with Crippen molar-refractivity contribution in [2.24, 2.45) is 5.73 Å². The number of morpholine rings is 1. The van der Waals surface area contributed by atoms with Crippen LogP contribution in [0.3, 0.4) is 0 Å². The van der Waals surface area contributed by atoms with Crippen molar-refractivity contribution in [1.29, 1.82) is 0 Å². The molecule has 0 saturated carbocycles. The molecule has 2 heterocycles. The molecule has 23 heavy (non-hydrogen) atoms. The molecule has 1 aliphatic rings. The van der Waals surface area contributed by atoms with Crippen molar-refractivity contribution in [1.82, 2.24) is 4.98 Å². The third kappa shape index (κ3) is 3.85. The van der Waals surface area contributed by atoms with E-state index in [9.17, 15) is 4.79 Å². The summed E-state index contributed by atoms with van der Waals surface area (Å²) in [6, 6.07) is 11.0. The van der Waals surface area contributed by atoms with Gasteiger partial charge in [-0.3, -0.25) is 4.79 Å². The van der Waals surface area contributed by atoms with Crippen molar-refractivity contribution < 1.29 is 9.53 Å². The first-order valence-electron chi connectivity index (χ1n) is 7.65. The zero-order valence-corrected chi connectivity index (χ0v) is 12.9. The average molecular weight is 312 g/mol. The molecule has 3 rings (SSSR count). The van der Waals surface area contributed by atoms with Gasteiger partial charge in [0.1, 0.15) is 5.82 Å². The highest BCUT2D eigenvalue weighted by Crippen LogP contribution is 2.17. The van der Waals surface area contributed by atoms with E-state index in [4.69, 9.17) is 10.5 Å². The second-order valence-electron chi connectivity index (χ2n) is 5.36. The molecule has 120 valence electrons. The largest absolute Gasteiger partial charge is 0.378 e. The summed E-state index contributed by atoms with van der Waals surface area (Å²) in [6.45, 7) is 3.66. The zero-order valence-electron chi connectivity index (χ0n) is 12.9. The maximum absolute atomic E-state index is 12.2. The molecule has 0 atom stereocenters. The van der Waals surface area contributed by atoms with E-state index in [1.165, 1.54) is 0 Å². The molecule has 1 amide bonds.